The zero-order valence-electron chi connectivity index (χ0n) is 11.1. The summed E-state index contributed by atoms with van der Waals surface area (Å²) in [5.41, 5.74) is 3.47. The first-order chi connectivity index (χ1) is 9.67. The average Bonchev–Trinajstić information content (AvgIpc) is 3.04. The predicted molar refractivity (Wildman–Crippen MR) is 88.0 cm³/mol. The molecule has 0 fully saturated rings. The highest BCUT2D eigenvalue weighted by Gasteiger charge is 2.18. The highest BCUT2D eigenvalue weighted by atomic mass is 79.9. The Morgan fingerprint density at radius 1 is 1.40 bits per heavy atom. The Bertz CT molecular complexity index is 653. The number of nitrogens with one attached hydrogen (secondary N) is 1. The molecule has 1 N–H and O–H groups in total. The Labute approximate surface area is 130 Å². The van der Waals surface area contributed by atoms with Gasteiger partial charge >= 0.3 is 0 Å². The van der Waals surface area contributed by atoms with Crippen LogP contribution in [0, 0.1) is 0 Å². The Kier molecular flexibility index (Phi) is 3.81. The lowest BCUT2D eigenvalue weighted by Crippen LogP contribution is -2.19. The van der Waals surface area contributed by atoms with Crippen LogP contribution in [0.3, 0.4) is 0 Å². The van der Waals surface area contributed by atoms with Crippen LogP contribution < -0.4 is 10.2 Å². The van der Waals surface area contributed by atoms with Crippen LogP contribution in [0.4, 0.5) is 11.4 Å². The second kappa shape index (κ2) is 5.58. The summed E-state index contributed by atoms with van der Waals surface area (Å²) in [6.45, 7) is 4.23. The summed E-state index contributed by atoms with van der Waals surface area (Å²) < 4.78 is 0.966. The molecule has 2 aromatic rings. The minimum absolute atomic E-state index is 0.0540. The van der Waals surface area contributed by atoms with Crippen LogP contribution >= 0.6 is 27.3 Å². The largest absolute Gasteiger partial charge is 0.371 e. The number of halogens is 1. The molecule has 0 spiro atoms. The van der Waals surface area contributed by atoms with Gasteiger partial charge in [-0.3, -0.25) is 4.79 Å². The molecule has 1 amide bonds. The third-order valence-electron chi connectivity index (χ3n) is 3.51. The number of fused-ring (bicyclic) bond motifs is 1. The highest BCUT2D eigenvalue weighted by molar-refractivity contribution is 9.11. The molecular formula is C15H15BrN2OS. The van der Waals surface area contributed by atoms with E-state index < -0.39 is 0 Å². The van der Waals surface area contributed by atoms with Crippen LogP contribution in [0.2, 0.25) is 0 Å². The van der Waals surface area contributed by atoms with E-state index in [2.05, 4.69) is 45.2 Å². The molecule has 3 nitrogen and oxygen atoms in total. The van der Waals surface area contributed by atoms with Gasteiger partial charge in [0.05, 0.1) is 8.66 Å². The van der Waals surface area contributed by atoms with Crippen LogP contribution in [0.25, 0.3) is 0 Å². The smallest absolute Gasteiger partial charge is 0.265 e. The summed E-state index contributed by atoms with van der Waals surface area (Å²) in [6.07, 6.45) is 1.09. The molecule has 1 aromatic carbocycles. The van der Waals surface area contributed by atoms with E-state index in [-0.39, 0.29) is 5.91 Å². The molecule has 1 aliphatic rings. The summed E-state index contributed by atoms with van der Waals surface area (Å²) >= 11 is 4.82. The fourth-order valence-electron chi connectivity index (χ4n) is 2.48. The number of thiophene rings is 1. The van der Waals surface area contributed by atoms with E-state index in [1.807, 2.05) is 18.2 Å². The van der Waals surface area contributed by atoms with Crippen LogP contribution in [0.1, 0.15) is 22.2 Å². The number of benzene rings is 1. The van der Waals surface area contributed by atoms with Gasteiger partial charge in [0.25, 0.3) is 5.91 Å². The molecule has 1 aromatic heterocycles. The van der Waals surface area contributed by atoms with Crippen LogP contribution in [0.15, 0.2) is 34.1 Å². The first-order valence-corrected chi connectivity index (χ1v) is 8.23. The SMILES string of the molecule is CCN1CCc2ccc(NC(=O)c3ccc(Br)s3)cc21. The van der Waals surface area contributed by atoms with Crippen molar-refractivity contribution in [1.29, 1.82) is 0 Å². The van der Waals surface area contributed by atoms with E-state index in [4.69, 9.17) is 0 Å². The summed E-state index contributed by atoms with van der Waals surface area (Å²) in [5.74, 6) is -0.0540. The second-order valence-electron chi connectivity index (χ2n) is 4.73. The number of likely N-dealkylation sites (N-methyl/N-ethyl adjacent to an activating group) is 1. The van der Waals surface area contributed by atoms with Crippen molar-refractivity contribution >= 4 is 44.5 Å². The van der Waals surface area contributed by atoms with Crippen molar-refractivity contribution in [2.45, 2.75) is 13.3 Å². The number of carbonyl (C=O) groups is 1. The molecule has 3 rings (SSSR count). The molecule has 0 atom stereocenters. The Balaban J connectivity index is 1.80. The predicted octanol–water partition coefficient (Wildman–Crippen LogP) is 4.15. The zero-order chi connectivity index (χ0) is 14.1. The fourth-order valence-corrected chi connectivity index (χ4v) is 3.76. The van der Waals surface area contributed by atoms with Gasteiger partial charge in [0.1, 0.15) is 0 Å². The number of anilines is 2. The lowest BCUT2D eigenvalue weighted by molar-refractivity contribution is 0.103. The first-order valence-electron chi connectivity index (χ1n) is 6.62. The van der Waals surface area contributed by atoms with Crippen LogP contribution in [0.5, 0.6) is 0 Å². The van der Waals surface area contributed by atoms with E-state index in [1.54, 1.807) is 0 Å². The van der Waals surface area contributed by atoms with Gasteiger partial charge in [0.15, 0.2) is 0 Å². The molecule has 0 saturated heterocycles. The van der Waals surface area contributed by atoms with Crippen molar-refractivity contribution in [3.05, 3.63) is 44.6 Å². The monoisotopic (exact) mass is 350 g/mol. The lowest BCUT2D eigenvalue weighted by Gasteiger charge is -2.17. The van der Waals surface area contributed by atoms with Gasteiger partial charge in [-0.1, -0.05) is 6.07 Å². The number of carbonyl (C=O) groups excluding carboxylic acids is 1. The zero-order valence-corrected chi connectivity index (χ0v) is 13.6. The molecule has 20 heavy (non-hydrogen) atoms. The molecule has 104 valence electrons. The van der Waals surface area contributed by atoms with E-state index in [1.165, 1.54) is 22.6 Å². The standard InChI is InChI=1S/C15H15BrN2OS/c1-2-18-8-7-10-3-4-11(9-12(10)18)17-15(19)13-5-6-14(16)20-13/h3-6,9H,2,7-8H2,1H3,(H,17,19). The van der Waals surface area contributed by atoms with Gasteiger partial charge in [-0.15, -0.1) is 11.3 Å². The van der Waals surface area contributed by atoms with E-state index in [0.29, 0.717) is 4.88 Å². The normalized spacial score (nSPS) is 13.4. The van der Waals surface area contributed by atoms with Crippen molar-refractivity contribution in [3.8, 4) is 0 Å². The maximum Gasteiger partial charge on any atom is 0.265 e. The minimum Gasteiger partial charge on any atom is -0.371 e. The van der Waals surface area contributed by atoms with Crippen LogP contribution in [-0.2, 0) is 6.42 Å². The summed E-state index contributed by atoms with van der Waals surface area (Å²) in [6, 6.07) is 9.90. The van der Waals surface area contributed by atoms with Crippen molar-refractivity contribution < 1.29 is 4.79 Å². The van der Waals surface area contributed by atoms with Crippen LogP contribution in [-0.4, -0.2) is 19.0 Å². The number of hydrogen-bond donors (Lipinski definition) is 1. The topological polar surface area (TPSA) is 32.3 Å². The molecular weight excluding hydrogens is 336 g/mol. The number of amides is 1. The number of nitrogens with zero attached hydrogens (tertiary/aromatic N) is 1. The Hall–Kier alpha value is -1.33. The lowest BCUT2D eigenvalue weighted by atomic mass is 10.1. The third-order valence-corrected chi connectivity index (χ3v) is 5.14. The molecule has 0 unspecified atom stereocenters. The van der Waals surface area contributed by atoms with Crippen molar-refractivity contribution in [2.24, 2.45) is 0 Å². The summed E-state index contributed by atoms with van der Waals surface area (Å²) in [7, 11) is 0. The van der Waals surface area contributed by atoms with Crippen molar-refractivity contribution in [2.75, 3.05) is 23.3 Å². The summed E-state index contributed by atoms with van der Waals surface area (Å²) in [4.78, 5) is 15.2. The average molecular weight is 351 g/mol. The van der Waals surface area contributed by atoms with Gasteiger partial charge in [0, 0.05) is 24.5 Å². The molecule has 0 bridgehead atoms. The van der Waals surface area contributed by atoms with Gasteiger partial charge in [0.2, 0.25) is 0 Å². The number of hydrogen-bond acceptors (Lipinski definition) is 3. The van der Waals surface area contributed by atoms with Gasteiger partial charge in [-0.25, -0.2) is 0 Å². The first kappa shape index (κ1) is 13.6. The second-order valence-corrected chi connectivity index (χ2v) is 7.19. The Morgan fingerprint density at radius 3 is 2.95 bits per heavy atom. The molecule has 5 heteroatoms. The molecule has 1 aliphatic heterocycles. The van der Waals surface area contributed by atoms with E-state index in [0.717, 1.165) is 29.0 Å². The molecule has 0 saturated carbocycles. The van der Waals surface area contributed by atoms with E-state index in [9.17, 15) is 4.79 Å². The minimum atomic E-state index is -0.0540. The molecule has 0 radical (unpaired) electrons. The molecule has 0 aliphatic carbocycles. The number of rotatable bonds is 3. The maximum absolute atomic E-state index is 12.1. The van der Waals surface area contributed by atoms with Crippen molar-refractivity contribution in [1.82, 2.24) is 0 Å². The maximum atomic E-state index is 12.1. The van der Waals surface area contributed by atoms with Gasteiger partial charge < -0.3 is 10.2 Å². The van der Waals surface area contributed by atoms with Crippen molar-refractivity contribution in [3.63, 3.8) is 0 Å². The fraction of sp³-hybridized carbons (Fsp3) is 0.267. The highest BCUT2D eigenvalue weighted by Crippen LogP contribution is 2.31. The Morgan fingerprint density at radius 2 is 2.25 bits per heavy atom. The summed E-state index contributed by atoms with van der Waals surface area (Å²) in [5, 5.41) is 2.97. The van der Waals surface area contributed by atoms with E-state index >= 15 is 0 Å². The third kappa shape index (κ3) is 2.60. The quantitative estimate of drug-likeness (QED) is 0.901. The van der Waals surface area contributed by atoms with Gasteiger partial charge in [-0.2, -0.15) is 0 Å². The molecule has 2 heterocycles. The van der Waals surface area contributed by atoms with Gasteiger partial charge in [-0.05, 0) is 59.1 Å².